The summed E-state index contributed by atoms with van der Waals surface area (Å²) in [7, 11) is 0. The molecule has 0 unspecified atom stereocenters. The number of nitrogens with zero attached hydrogens (tertiary/aromatic N) is 4. The number of hydrogen-bond acceptors (Lipinski definition) is 8. The van der Waals surface area contributed by atoms with Gasteiger partial charge >= 0.3 is 0 Å². The maximum atomic E-state index is 12.5. The van der Waals surface area contributed by atoms with E-state index >= 15 is 0 Å². The third-order valence-electron chi connectivity index (χ3n) is 5.82. The number of benzene rings is 1. The first kappa shape index (κ1) is 24.4. The molecule has 9 heteroatoms. The van der Waals surface area contributed by atoms with Crippen molar-refractivity contribution in [3.05, 3.63) is 65.4 Å². The number of aryl methyl sites for hydroxylation is 1. The minimum absolute atomic E-state index is 0.0517. The van der Waals surface area contributed by atoms with Crippen molar-refractivity contribution in [1.82, 2.24) is 19.6 Å². The lowest BCUT2D eigenvalue weighted by Crippen LogP contribution is -2.38. The number of aromatic nitrogens is 2. The number of amides is 1. The molecule has 182 valence electrons. The van der Waals surface area contributed by atoms with Crippen LogP contribution in [0.1, 0.15) is 35.6 Å². The number of hydrogen-bond donors (Lipinski definition) is 1. The Morgan fingerprint density at radius 2 is 2.03 bits per heavy atom. The third kappa shape index (κ3) is 7.65. The number of carbonyl (C=O) groups excluding carboxylic acids is 1. The summed E-state index contributed by atoms with van der Waals surface area (Å²) in [5.74, 6) is 1.68. The Morgan fingerprint density at radius 1 is 1.21 bits per heavy atom. The summed E-state index contributed by atoms with van der Waals surface area (Å²) in [6, 6.07) is 12.2. The van der Waals surface area contributed by atoms with E-state index in [1.54, 1.807) is 6.26 Å². The zero-order valence-corrected chi connectivity index (χ0v) is 20.6. The predicted octanol–water partition coefficient (Wildman–Crippen LogP) is 3.27. The Balaban J connectivity index is 1.28. The van der Waals surface area contributed by atoms with Gasteiger partial charge in [-0.3, -0.25) is 9.69 Å². The fourth-order valence-corrected chi connectivity index (χ4v) is 4.56. The van der Waals surface area contributed by atoms with E-state index in [0.29, 0.717) is 32.5 Å². The predicted molar refractivity (Wildman–Crippen MR) is 133 cm³/mol. The molecule has 0 bridgehead atoms. The van der Waals surface area contributed by atoms with Crippen LogP contribution >= 0.6 is 11.5 Å². The normalized spacial score (nSPS) is 14.3. The second-order valence-electron chi connectivity index (χ2n) is 8.56. The Morgan fingerprint density at radius 3 is 2.79 bits per heavy atom. The zero-order chi connectivity index (χ0) is 23.6. The van der Waals surface area contributed by atoms with Crippen LogP contribution in [0.2, 0.25) is 0 Å². The minimum Gasteiger partial charge on any atom is -0.467 e. The smallest absolute Gasteiger partial charge is 0.221 e. The molecule has 3 heterocycles. The number of carbonyl (C=O) groups is 1. The van der Waals surface area contributed by atoms with Gasteiger partial charge < -0.3 is 19.4 Å². The summed E-state index contributed by atoms with van der Waals surface area (Å²) in [6.45, 7) is 8.41. The molecule has 1 aromatic carbocycles. The van der Waals surface area contributed by atoms with Crippen LogP contribution in [0.4, 0.5) is 5.13 Å². The zero-order valence-electron chi connectivity index (χ0n) is 19.7. The van der Waals surface area contributed by atoms with Gasteiger partial charge in [-0.25, -0.2) is 4.98 Å². The van der Waals surface area contributed by atoms with Crippen molar-refractivity contribution in [1.29, 1.82) is 0 Å². The molecule has 8 nitrogen and oxygen atoms in total. The average molecular weight is 484 g/mol. The molecule has 4 rings (SSSR count). The number of anilines is 1. The van der Waals surface area contributed by atoms with Crippen molar-refractivity contribution in [3.8, 4) is 0 Å². The molecule has 1 aliphatic rings. The van der Waals surface area contributed by atoms with Gasteiger partial charge in [0.2, 0.25) is 11.0 Å². The van der Waals surface area contributed by atoms with Crippen LogP contribution in [0.3, 0.4) is 0 Å². The SMILES string of the molecule is Cc1ccc(Cc2nsc(N(CCC(=O)NCCCN3CCOCC3)Cc3ccco3)n2)cc1. The molecule has 1 fully saturated rings. The fraction of sp³-hybridized carbons (Fsp3) is 0.480. The first-order chi connectivity index (χ1) is 16.7. The summed E-state index contributed by atoms with van der Waals surface area (Å²) in [5, 5.41) is 3.86. The number of morpholine rings is 1. The highest BCUT2D eigenvalue weighted by molar-refractivity contribution is 7.09. The maximum Gasteiger partial charge on any atom is 0.221 e. The van der Waals surface area contributed by atoms with Crippen LogP contribution < -0.4 is 10.2 Å². The number of furan rings is 1. The van der Waals surface area contributed by atoms with Crippen LogP contribution in [-0.4, -0.2) is 66.1 Å². The Bertz CT molecular complexity index is 1000. The quantitative estimate of drug-likeness (QED) is 0.396. The molecule has 0 aliphatic carbocycles. The molecule has 0 atom stereocenters. The number of nitrogens with one attached hydrogen (secondary N) is 1. The highest BCUT2D eigenvalue weighted by Gasteiger charge is 2.17. The van der Waals surface area contributed by atoms with E-state index < -0.39 is 0 Å². The van der Waals surface area contributed by atoms with E-state index in [1.165, 1.54) is 22.7 Å². The molecule has 1 saturated heterocycles. The number of rotatable bonds is 12. The van der Waals surface area contributed by atoms with Crippen molar-refractivity contribution < 1.29 is 13.9 Å². The van der Waals surface area contributed by atoms with Gasteiger partial charge in [0.15, 0.2) is 0 Å². The molecular weight excluding hydrogens is 450 g/mol. The Hall–Kier alpha value is -2.75. The summed E-state index contributed by atoms with van der Waals surface area (Å²) < 4.78 is 15.5. The maximum absolute atomic E-state index is 12.5. The minimum atomic E-state index is 0.0517. The molecule has 1 amide bonds. The monoisotopic (exact) mass is 483 g/mol. The van der Waals surface area contributed by atoms with E-state index in [1.807, 2.05) is 12.1 Å². The van der Waals surface area contributed by atoms with Gasteiger partial charge in [0, 0.05) is 50.6 Å². The van der Waals surface area contributed by atoms with Crippen molar-refractivity contribution in [2.45, 2.75) is 32.7 Å². The van der Waals surface area contributed by atoms with Crippen LogP contribution in [0, 0.1) is 6.92 Å². The van der Waals surface area contributed by atoms with Gasteiger partial charge in [0.05, 0.1) is 26.0 Å². The molecular formula is C25H33N5O3S. The van der Waals surface area contributed by atoms with E-state index in [4.69, 9.17) is 14.1 Å². The fourth-order valence-electron chi connectivity index (χ4n) is 3.85. The Kier molecular flexibility index (Phi) is 9.06. The Labute approximate surface area is 205 Å². The summed E-state index contributed by atoms with van der Waals surface area (Å²) in [6.07, 6.45) is 3.69. The first-order valence-electron chi connectivity index (χ1n) is 11.9. The van der Waals surface area contributed by atoms with Crippen molar-refractivity contribution >= 4 is 22.6 Å². The largest absolute Gasteiger partial charge is 0.467 e. The van der Waals surface area contributed by atoms with Crippen molar-refractivity contribution in [2.75, 3.05) is 50.8 Å². The molecule has 0 radical (unpaired) electrons. The van der Waals surface area contributed by atoms with Crippen molar-refractivity contribution in [2.24, 2.45) is 0 Å². The lowest BCUT2D eigenvalue weighted by atomic mass is 10.1. The van der Waals surface area contributed by atoms with Gasteiger partial charge in [0.25, 0.3) is 0 Å². The van der Waals surface area contributed by atoms with Crippen LogP contribution in [0.5, 0.6) is 0 Å². The summed E-state index contributed by atoms with van der Waals surface area (Å²) in [5.41, 5.74) is 2.42. The molecule has 3 aromatic rings. The van der Waals surface area contributed by atoms with Gasteiger partial charge in [-0.2, -0.15) is 4.37 Å². The summed E-state index contributed by atoms with van der Waals surface area (Å²) >= 11 is 1.37. The van der Waals surface area contributed by atoms with Gasteiger partial charge in [-0.05, 0) is 37.6 Å². The lowest BCUT2D eigenvalue weighted by Gasteiger charge is -2.26. The van der Waals surface area contributed by atoms with E-state index in [-0.39, 0.29) is 5.91 Å². The van der Waals surface area contributed by atoms with E-state index in [9.17, 15) is 4.79 Å². The highest BCUT2D eigenvalue weighted by Crippen LogP contribution is 2.22. The third-order valence-corrected chi connectivity index (χ3v) is 6.64. The first-order valence-corrected chi connectivity index (χ1v) is 12.7. The molecule has 0 saturated carbocycles. The second-order valence-corrected chi connectivity index (χ2v) is 9.29. The highest BCUT2D eigenvalue weighted by atomic mass is 32.1. The average Bonchev–Trinajstić information content (AvgIpc) is 3.54. The molecule has 2 aromatic heterocycles. The summed E-state index contributed by atoms with van der Waals surface area (Å²) in [4.78, 5) is 21.7. The van der Waals surface area contributed by atoms with Crippen LogP contribution in [0.25, 0.3) is 0 Å². The second kappa shape index (κ2) is 12.6. The van der Waals surface area contributed by atoms with Crippen LogP contribution in [-0.2, 0) is 22.5 Å². The standard InChI is InChI=1S/C25H33N5O3S/c1-20-5-7-21(8-6-20)18-23-27-25(34-28-23)30(19-22-4-2-15-33-22)12-9-24(31)26-10-3-11-29-13-16-32-17-14-29/h2,4-8,15H,3,9-14,16-19H2,1H3,(H,26,31). The molecule has 1 N–H and O–H groups in total. The van der Waals surface area contributed by atoms with Crippen LogP contribution in [0.15, 0.2) is 47.1 Å². The van der Waals surface area contributed by atoms with Gasteiger partial charge in [-0.1, -0.05) is 29.8 Å². The van der Waals surface area contributed by atoms with Gasteiger partial charge in [-0.15, -0.1) is 0 Å². The van der Waals surface area contributed by atoms with Crippen molar-refractivity contribution in [3.63, 3.8) is 0 Å². The molecule has 0 spiro atoms. The van der Waals surface area contributed by atoms with E-state index in [2.05, 4.69) is 50.7 Å². The number of ether oxygens (including phenoxy) is 1. The lowest BCUT2D eigenvalue weighted by molar-refractivity contribution is -0.120. The molecule has 34 heavy (non-hydrogen) atoms. The molecule has 1 aliphatic heterocycles. The van der Waals surface area contributed by atoms with Gasteiger partial charge in [0.1, 0.15) is 11.6 Å². The topological polar surface area (TPSA) is 83.7 Å². The van der Waals surface area contributed by atoms with E-state index in [0.717, 1.165) is 56.0 Å².